The summed E-state index contributed by atoms with van der Waals surface area (Å²) in [5.74, 6) is 0.707. The van der Waals surface area contributed by atoms with Gasteiger partial charge in [-0.2, -0.15) is 5.26 Å². The molecule has 0 radical (unpaired) electrons. The van der Waals surface area contributed by atoms with E-state index in [-0.39, 0.29) is 18.5 Å². The number of hydrogen-bond acceptors (Lipinski definition) is 6. The maximum Gasteiger partial charge on any atom is 0.237 e. The summed E-state index contributed by atoms with van der Waals surface area (Å²) >= 11 is 0. The van der Waals surface area contributed by atoms with E-state index in [9.17, 15) is 4.79 Å². The van der Waals surface area contributed by atoms with Crippen molar-refractivity contribution in [1.82, 2.24) is 20.2 Å². The van der Waals surface area contributed by atoms with Crippen molar-refractivity contribution in [2.75, 3.05) is 31.5 Å². The SMILES string of the molecule is N#C[C@@H]1CCCN1C(=O)CNCCNc1cnccn1. The smallest absolute Gasteiger partial charge is 0.237 e. The Labute approximate surface area is 118 Å². The molecule has 1 aromatic rings. The molecule has 1 saturated heterocycles. The van der Waals surface area contributed by atoms with Crippen LogP contribution >= 0.6 is 0 Å². The number of nitriles is 1. The van der Waals surface area contributed by atoms with Gasteiger partial charge in [0.1, 0.15) is 11.9 Å². The topological polar surface area (TPSA) is 93.9 Å². The third-order valence-electron chi connectivity index (χ3n) is 3.17. The molecule has 106 valence electrons. The predicted octanol–water partition coefficient (Wildman–Crippen LogP) is -0.00732. The van der Waals surface area contributed by atoms with Gasteiger partial charge in [0.05, 0.1) is 18.8 Å². The molecule has 0 bridgehead atoms. The highest BCUT2D eigenvalue weighted by molar-refractivity contribution is 5.79. The lowest BCUT2D eigenvalue weighted by Crippen LogP contribution is -2.41. The van der Waals surface area contributed by atoms with Crippen LogP contribution in [0.1, 0.15) is 12.8 Å². The molecular weight excluding hydrogens is 256 g/mol. The highest BCUT2D eigenvalue weighted by Gasteiger charge is 2.27. The van der Waals surface area contributed by atoms with Crippen molar-refractivity contribution < 1.29 is 4.79 Å². The van der Waals surface area contributed by atoms with Gasteiger partial charge in [-0.1, -0.05) is 0 Å². The second kappa shape index (κ2) is 7.40. The van der Waals surface area contributed by atoms with Crippen LogP contribution in [0.15, 0.2) is 18.6 Å². The van der Waals surface area contributed by atoms with Gasteiger partial charge < -0.3 is 15.5 Å². The third kappa shape index (κ3) is 3.90. The van der Waals surface area contributed by atoms with Crippen LogP contribution in [0.5, 0.6) is 0 Å². The number of carbonyl (C=O) groups excluding carboxylic acids is 1. The van der Waals surface area contributed by atoms with E-state index < -0.39 is 0 Å². The molecule has 1 fully saturated rings. The summed E-state index contributed by atoms with van der Waals surface area (Å²) in [7, 11) is 0. The summed E-state index contributed by atoms with van der Waals surface area (Å²) in [5, 5.41) is 15.1. The second-order valence-corrected chi connectivity index (χ2v) is 4.57. The quantitative estimate of drug-likeness (QED) is 0.709. The lowest BCUT2D eigenvalue weighted by molar-refractivity contribution is -0.130. The molecule has 2 rings (SSSR count). The number of anilines is 1. The molecule has 7 nitrogen and oxygen atoms in total. The van der Waals surface area contributed by atoms with E-state index in [1.807, 2.05) is 0 Å². The highest BCUT2D eigenvalue weighted by Crippen LogP contribution is 2.15. The minimum atomic E-state index is -0.248. The number of rotatable bonds is 6. The Bertz CT molecular complexity index is 471. The summed E-state index contributed by atoms with van der Waals surface area (Å²) in [6.07, 6.45) is 6.58. The zero-order chi connectivity index (χ0) is 14.2. The number of carbonyl (C=O) groups is 1. The van der Waals surface area contributed by atoms with E-state index in [0.717, 1.165) is 12.8 Å². The zero-order valence-corrected chi connectivity index (χ0v) is 11.2. The molecule has 7 heteroatoms. The van der Waals surface area contributed by atoms with Gasteiger partial charge in [-0.3, -0.25) is 9.78 Å². The molecule has 1 aliphatic heterocycles. The van der Waals surface area contributed by atoms with Crippen LogP contribution in [0.25, 0.3) is 0 Å². The molecule has 0 aliphatic carbocycles. The zero-order valence-electron chi connectivity index (χ0n) is 11.2. The first-order valence-electron chi connectivity index (χ1n) is 6.71. The molecule has 0 unspecified atom stereocenters. The van der Waals surface area contributed by atoms with Crippen LogP contribution in [-0.4, -0.2) is 53.0 Å². The molecule has 1 atom stereocenters. The van der Waals surface area contributed by atoms with Gasteiger partial charge in [-0.15, -0.1) is 0 Å². The number of aromatic nitrogens is 2. The summed E-state index contributed by atoms with van der Waals surface area (Å²) in [6.45, 7) is 2.26. The number of amides is 1. The summed E-state index contributed by atoms with van der Waals surface area (Å²) < 4.78 is 0. The van der Waals surface area contributed by atoms with Crippen molar-refractivity contribution in [1.29, 1.82) is 5.26 Å². The van der Waals surface area contributed by atoms with Crippen LogP contribution in [0.3, 0.4) is 0 Å². The van der Waals surface area contributed by atoms with Gasteiger partial charge in [0.15, 0.2) is 0 Å². The monoisotopic (exact) mass is 274 g/mol. The molecule has 1 aromatic heterocycles. The Balaban J connectivity index is 1.61. The van der Waals surface area contributed by atoms with Crippen molar-refractivity contribution in [3.05, 3.63) is 18.6 Å². The van der Waals surface area contributed by atoms with Crippen molar-refractivity contribution in [3.63, 3.8) is 0 Å². The molecule has 2 heterocycles. The van der Waals surface area contributed by atoms with Crippen molar-refractivity contribution >= 4 is 11.7 Å². The van der Waals surface area contributed by atoms with Crippen LogP contribution in [-0.2, 0) is 4.79 Å². The number of likely N-dealkylation sites (tertiary alicyclic amines) is 1. The van der Waals surface area contributed by atoms with Crippen LogP contribution in [0.2, 0.25) is 0 Å². The van der Waals surface area contributed by atoms with Crippen LogP contribution < -0.4 is 10.6 Å². The van der Waals surface area contributed by atoms with Crippen LogP contribution in [0.4, 0.5) is 5.82 Å². The first-order valence-corrected chi connectivity index (χ1v) is 6.71. The Morgan fingerprint density at radius 1 is 1.50 bits per heavy atom. The van der Waals surface area contributed by atoms with Crippen LogP contribution in [0, 0.1) is 11.3 Å². The van der Waals surface area contributed by atoms with E-state index in [1.54, 1.807) is 23.5 Å². The Kier molecular flexibility index (Phi) is 5.26. The van der Waals surface area contributed by atoms with Gasteiger partial charge in [-0.25, -0.2) is 4.98 Å². The Morgan fingerprint density at radius 2 is 2.40 bits per heavy atom. The largest absolute Gasteiger partial charge is 0.368 e. The molecule has 20 heavy (non-hydrogen) atoms. The standard InChI is InChI=1S/C13H18N6O/c14-8-11-2-1-7-19(11)13(20)10-16-4-6-18-12-9-15-3-5-17-12/h3,5,9,11,16H,1-2,4,6-7,10H2,(H,17,18)/t11-/m0/s1. The molecule has 2 N–H and O–H groups in total. The highest BCUT2D eigenvalue weighted by atomic mass is 16.2. The number of nitrogens with zero attached hydrogens (tertiary/aromatic N) is 4. The number of hydrogen-bond donors (Lipinski definition) is 2. The van der Waals surface area contributed by atoms with Crippen molar-refractivity contribution in [2.24, 2.45) is 0 Å². The van der Waals surface area contributed by atoms with Gasteiger partial charge in [0.2, 0.25) is 5.91 Å². The number of nitrogens with one attached hydrogen (secondary N) is 2. The lowest BCUT2D eigenvalue weighted by Gasteiger charge is -2.19. The maximum absolute atomic E-state index is 11.9. The minimum Gasteiger partial charge on any atom is -0.368 e. The lowest BCUT2D eigenvalue weighted by atomic mass is 10.2. The fraction of sp³-hybridized carbons (Fsp3) is 0.538. The van der Waals surface area contributed by atoms with Gasteiger partial charge in [-0.05, 0) is 12.8 Å². The second-order valence-electron chi connectivity index (χ2n) is 4.57. The molecular formula is C13H18N6O. The normalized spacial score (nSPS) is 17.8. The van der Waals surface area contributed by atoms with E-state index >= 15 is 0 Å². The fourth-order valence-corrected chi connectivity index (χ4v) is 2.17. The first kappa shape index (κ1) is 14.2. The van der Waals surface area contributed by atoms with Gasteiger partial charge >= 0.3 is 0 Å². The molecule has 1 aliphatic rings. The maximum atomic E-state index is 11.9. The summed E-state index contributed by atoms with van der Waals surface area (Å²) in [6, 6.07) is 1.92. The average molecular weight is 274 g/mol. The molecule has 1 amide bonds. The van der Waals surface area contributed by atoms with E-state index in [2.05, 4.69) is 26.7 Å². The molecule has 0 saturated carbocycles. The minimum absolute atomic E-state index is 0.00597. The van der Waals surface area contributed by atoms with Crippen molar-refractivity contribution in [2.45, 2.75) is 18.9 Å². The average Bonchev–Trinajstić information content (AvgIpc) is 2.96. The Morgan fingerprint density at radius 3 is 3.15 bits per heavy atom. The van der Waals surface area contributed by atoms with E-state index in [0.29, 0.717) is 25.5 Å². The third-order valence-corrected chi connectivity index (χ3v) is 3.17. The molecule has 0 spiro atoms. The van der Waals surface area contributed by atoms with Gasteiger partial charge in [0.25, 0.3) is 0 Å². The van der Waals surface area contributed by atoms with Gasteiger partial charge in [0, 0.05) is 32.0 Å². The first-order chi connectivity index (χ1) is 9.81. The van der Waals surface area contributed by atoms with Crippen molar-refractivity contribution in [3.8, 4) is 6.07 Å². The molecule has 0 aromatic carbocycles. The van der Waals surface area contributed by atoms with E-state index in [4.69, 9.17) is 5.26 Å². The summed E-state index contributed by atoms with van der Waals surface area (Å²) in [4.78, 5) is 21.6. The fourth-order valence-electron chi connectivity index (χ4n) is 2.17. The van der Waals surface area contributed by atoms with E-state index in [1.165, 1.54) is 0 Å². The Hall–Kier alpha value is -2.20. The predicted molar refractivity (Wildman–Crippen MR) is 73.7 cm³/mol. The summed E-state index contributed by atoms with van der Waals surface area (Å²) in [5.41, 5.74) is 0.